The molecule has 0 fully saturated rings. The largest absolute Gasteiger partial charge is 0.268 e. The molecule has 82 valence electrons. The molecule has 0 amide bonds. The molecular weight excluding hydrogens is 322 g/mol. The van der Waals surface area contributed by atoms with Gasteiger partial charge in [-0.15, -0.1) is 0 Å². The molecule has 15 heavy (non-hydrogen) atoms. The van der Waals surface area contributed by atoms with Crippen molar-refractivity contribution < 1.29 is 0 Å². The molecule has 1 aromatic rings. The Morgan fingerprint density at radius 1 is 1.60 bits per heavy atom. The van der Waals surface area contributed by atoms with Crippen LogP contribution in [0.4, 0.5) is 0 Å². The molecule has 0 aliphatic carbocycles. The Kier molecular flexibility index (Phi) is 4.81. The molecule has 0 N–H and O–H groups in total. The number of hydrogen-bond acceptors (Lipinski definition) is 2. The highest BCUT2D eigenvalue weighted by Crippen LogP contribution is 2.24. The monoisotopic (exact) mass is 333 g/mol. The van der Waals surface area contributed by atoms with E-state index in [4.69, 9.17) is 5.26 Å². The van der Waals surface area contributed by atoms with Gasteiger partial charge in [0.1, 0.15) is 0 Å². The lowest BCUT2D eigenvalue weighted by Crippen LogP contribution is -2.10. The Bertz CT molecular complexity index is 379. The fraction of sp³-hybridized carbons (Fsp3) is 0.600. The molecular formula is C10H13Br2N3. The van der Waals surface area contributed by atoms with Crippen LogP contribution >= 0.6 is 31.9 Å². The van der Waals surface area contributed by atoms with Crippen LogP contribution in [0.25, 0.3) is 0 Å². The summed E-state index contributed by atoms with van der Waals surface area (Å²) in [7, 11) is 0. The molecule has 0 saturated heterocycles. The van der Waals surface area contributed by atoms with Crippen molar-refractivity contribution >= 4 is 31.9 Å². The number of hydrogen-bond donors (Lipinski definition) is 0. The summed E-state index contributed by atoms with van der Waals surface area (Å²) < 4.78 is 2.98. The van der Waals surface area contributed by atoms with Gasteiger partial charge in [0, 0.05) is 18.3 Å². The van der Waals surface area contributed by atoms with Gasteiger partial charge in [-0.25, -0.2) is 0 Å². The summed E-state index contributed by atoms with van der Waals surface area (Å²) in [4.78, 5) is 0. The van der Waals surface area contributed by atoms with E-state index >= 15 is 0 Å². The summed E-state index contributed by atoms with van der Waals surface area (Å²) in [5.41, 5.74) is 2.10. The standard InChI is InChI=1S/C10H13Br2N3/c1-3-15-9(4-8(5-11)6-13)10(12)7(2)14-15/h8H,3-5H2,1-2H3. The zero-order chi connectivity index (χ0) is 11.4. The first-order chi connectivity index (χ1) is 7.13. The van der Waals surface area contributed by atoms with E-state index in [9.17, 15) is 0 Å². The Labute approximate surface area is 107 Å². The first kappa shape index (κ1) is 12.7. The van der Waals surface area contributed by atoms with Gasteiger partial charge in [0.25, 0.3) is 0 Å². The average Bonchev–Trinajstić information content (AvgIpc) is 2.52. The zero-order valence-electron chi connectivity index (χ0n) is 8.80. The smallest absolute Gasteiger partial charge is 0.0738 e. The number of aryl methyl sites for hydroxylation is 2. The van der Waals surface area contributed by atoms with Crippen LogP contribution < -0.4 is 0 Å². The minimum absolute atomic E-state index is 0.00250. The molecule has 0 radical (unpaired) electrons. The Morgan fingerprint density at radius 2 is 2.27 bits per heavy atom. The first-order valence-corrected chi connectivity index (χ1v) is 6.72. The number of alkyl halides is 1. The van der Waals surface area contributed by atoms with Crippen LogP contribution in [0.15, 0.2) is 4.47 Å². The molecule has 0 aliphatic heterocycles. The molecule has 0 aliphatic rings. The van der Waals surface area contributed by atoms with Crippen molar-refractivity contribution in [1.29, 1.82) is 5.26 Å². The van der Waals surface area contributed by atoms with Gasteiger partial charge in [-0.1, -0.05) is 15.9 Å². The third-order valence-corrected chi connectivity index (χ3v) is 4.07. The number of aromatic nitrogens is 2. The van der Waals surface area contributed by atoms with Crippen LogP contribution in [0.5, 0.6) is 0 Å². The van der Waals surface area contributed by atoms with Gasteiger partial charge in [-0.3, -0.25) is 4.68 Å². The van der Waals surface area contributed by atoms with E-state index in [0.717, 1.165) is 28.8 Å². The second-order valence-corrected chi connectivity index (χ2v) is 4.79. The maximum Gasteiger partial charge on any atom is 0.0738 e. The van der Waals surface area contributed by atoms with Crippen molar-refractivity contribution in [1.82, 2.24) is 9.78 Å². The summed E-state index contributed by atoms with van der Waals surface area (Å²) in [6.07, 6.45) is 0.733. The molecule has 1 heterocycles. The molecule has 0 spiro atoms. The van der Waals surface area contributed by atoms with Crippen LogP contribution in [0, 0.1) is 24.2 Å². The van der Waals surface area contributed by atoms with Gasteiger partial charge < -0.3 is 0 Å². The van der Waals surface area contributed by atoms with Crippen molar-refractivity contribution in [2.75, 3.05) is 5.33 Å². The highest BCUT2D eigenvalue weighted by atomic mass is 79.9. The number of halogens is 2. The van der Waals surface area contributed by atoms with E-state index in [0.29, 0.717) is 5.33 Å². The fourth-order valence-corrected chi connectivity index (χ4v) is 2.25. The van der Waals surface area contributed by atoms with Crippen molar-refractivity contribution in [2.45, 2.75) is 26.8 Å². The summed E-state index contributed by atoms with van der Waals surface area (Å²) in [6.45, 7) is 4.86. The third-order valence-electron chi connectivity index (χ3n) is 2.26. The quantitative estimate of drug-likeness (QED) is 0.794. The fourth-order valence-electron chi connectivity index (χ4n) is 1.43. The van der Waals surface area contributed by atoms with Gasteiger partial charge >= 0.3 is 0 Å². The molecule has 3 nitrogen and oxygen atoms in total. The lowest BCUT2D eigenvalue weighted by Gasteiger charge is -2.07. The molecule has 1 unspecified atom stereocenters. The van der Waals surface area contributed by atoms with Crippen molar-refractivity contribution in [3.8, 4) is 6.07 Å². The lowest BCUT2D eigenvalue weighted by atomic mass is 10.1. The predicted molar refractivity (Wildman–Crippen MR) is 66.9 cm³/mol. The minimum Gasteiger partial charge on any atom is -0.268 e. The van der Waals surface area contributed by atoms with Crippen LogP contribution in [0.1, 0.15) is 18.3 Å². The summed E-state index contributed by atoms with van der Waals surface area (Å²) in [6, 6.07) is 2.28. The minimum atomic E-state index is 0.00250. The van der Waals surface area contributed by atoms with Crippen molar-refractivity contribution in [2.24, 2.45) is 5.92 Å². The van der Waals surface area contributed by atoms with Crippen LogP contribution in [-0.2, 0) is 13.0 Å². The topological polar surface area (TPSA) is 41.6 Å². The lowest BCUT2D eigenvalue weighted by molar-refractivity contribution is 0.591. The number of nitriles is 1. The SMILES string of the molecule is CCn1nc(C)c(Br)c1CC(C#N)CBr. The molecule has 0 bridgehead atoms. The second kappa shape index (κ2) is 5.66. The maximum atomic E-state index is 8.92. The molecule has 1 atom stereocenters. The highest BCUT2D eigenvalue weighted by Gasteiger charge is 2.16. The van der Waals surface area contributed by atoms with Gasteiger partial charge in [0.15, 0.2) is 0 Å². The van der Waals surface area contributed by atoms with E-state index in [1.54, 1.807) is 0 Å². The highest BCUT2D eigenvalue weighted by molar-refractivity contribution is 9.10. The molecule has 0 saturated carbocycles. The Hall–Kier alpha value is -0.340. The molecule has 5 heteroatoms. The predicted octanol–water partition coefficient (Wildman–Crippen LogP) is 3.05. The summed E-state index contributed by atoms with van der Waals surface area (Å²) in [5, 5.41) is 14.0. The first-order valence-electron chi connectivity index (χ1n) is 4.81. The van der Waals surface area contributed by atoms with Gasteiger partial charge in [0.05, 0.1) is 27.8 Å². The van der Waals surface area contributed by atoms with Crippen molar-refractivity contribution in [3.63, 3.8) is 0 Å². The second-order valence-electron chi connectivity index (χ2n) is 3.35. The van der Waals surface area contributed by atoms with Crippen LogP contribution in [0.3, 0.4) is 0 Å². The van der Waals surface area contributed by atoms with Crippen LogP contribution in [0.2, 0.25) is 0 Å². The maximum absolute atomic E-state index is 8.92. The molecule has 1 aromatic heterocycles. The third kappa shape index (κ3) is 2.82. The Balaban J connectivity index is 2.98. The van der Waals surface area contributed by atoms with Gasteiger partial charge in [-0.2, -0.15) is 10.4 Å². The normalized spacial score (nSPS) is 12.5. The Morgan fingerprint density at radius 3 is 2.73 bits per heavy atom. The van der Waals surface area contributed by atoms with Crippen LogP contribution in [-0.4, -0.2) is 15.1 Å². The van der Waals surface area contributed by atoms with Gasteiger partial charge in [-0.05, 0) is 29.8 Å². The molecule has 0 aromatic carbocycles. The summed E-state index contributed by atoms with van der Waals surface area (Å²) in [5.74, 6) is 0.00250. The summed E-state index contributed by atoms with van der Waals surface area (Å²) >= 11 is 6.86. The average molecular weight is 335 g/mol. The van der Waals surface area contributed by atoms with Crippen molar-refractivity contribution in [3.05, 3.63) is 15.9 Å². The molecule has 1 rings (SSSR count). The van der Waals surface area contributed by atoms with E-state index in [1.165, 1.54) is 0 Å². The number of nitrogens with zero attached hydrogens (tertiary/aromatic N) is 3. The van der Waals surface area contributed by atoms with E-state index in [-0.39, 0.29) is 5.92 Å². The zero-order valence-corrected chi connectivity index (χ0v) is 12.0. The van der Waals surface area contributed by atoms with E-state index in [1.807, 2.05) is 11.6 Å². The van der Waals surface area contributed by atoms with E-state index < -0.39 is 0 Å². The number of rotatable bonds is 4. The van der Waals surface area contributed by atoms with Gasteiger partial charge in [0.2, 0.25) is 0 Å². The van der Waals surface area contributed by atoms with E-state index in [2.05, 4.69) is 50.0 Å².